The SMILES string of the molecule is COC(=O)c1sc(N/N=C\c2ccc(C(C)C)cc2)nc1C. The molecule has 1 aromatic heterocycles. The third-order valence-electron chi connectivity index (χ3n) is 3.14. The predicted octanol–water partition coefficient (Wildman–Crippen LogP) is 3.81. The van der Waals surface area contributed by atoms with Crippen LogP contribution in [0, 0.1) is 6.92 Å². The second-order valence-electron chi connectivity index (χ2n) is 5.12. The van der Waals surface area contributed by atoms with Gasteiger partial charge in [0, 0.05) is 0 Å². The number of nitrogens with zero attached hydrogens (tertiary/aromatic N) is 2. The van der Waals surface area contributed by atoms with Crippen LogP contribution in [0.25, 0.3) is 0 Å². The van der Waals surface area contributed by atoms with Crippen LogP contribution in [0.4, 0.5) is 5.13 Å². The second kappa shape index (κ2) is 7.17. The van der Waals surface area contributed by atoms with Crippen LogP contribution in [-0.2, 0) is 4.74 Å². The van der Waals surface area contributed by atoms with Crippen LogP contribution in [0.15, 0.2) is 29.4 Å². The molecule has 2 rings (SSSR count). The molecular weight excluding hydrogens is 298 g/mol. The third-order valence-corrected chi connectivity index (χ3v) is 4.19. The van der Waals surface area contributed by atoms with Gasteiger partial charge in [-0.25, -0.2) is 9.78 Å². The number of carbonyl (C=O) groups excluding carboxylic acids is 1. The number of ether oxygens (including phenoxy) is 1. The summed E-state index contributed by atoms with van der Waals surface area (Å²) in [6, 6.07) is 8.23. The molecule has 0 spiro atoms. The quantitative estimate of drug-likeness (QED) is 0.517. The topological polar surface area (TPSA) is 63.6 Å². The highest BCUT2D eigenvalue weighted by atomic mass is 32.1. The molecule has 1 heterocycles. The van der Waals surface area contributed by atoms with E-state index in [1.807, 2.05) is 12.1 Å². The van der Waals surface area contributed by atoms with Gasteiger partial charge in [-0.3, -0.25) is 5.43 Å². The van der Waals surface area contributed by atoms with E-state index in [0.29, 0.717) is 21.6 Å². The van der Waals surface area contributed by atoms with Gasteiger partial charge in [0.25, 0.3) is 0 Å². The molecule has 0 saturated heterocycles. The smallest absolute Gasteiger partial charge is 0.350 e. The largest absolute Gasteiger partial charge is 0.465 e. The van der Waals surface area contributed by atoms with Gasteiger partial charge in [0.1, 0.15) is 4.88 Å². The van der Waals surface area contributed by atoms with Gasteiger partial charge in [-0.05, 0) is 24.0 Å². The monoisotopic (exact) mass is 317 g/mol. The summed E-state index contributed by atoms with van der Waals surface area (Å²) in [6.45, 7) is 6.09. The van der Waals surface area contributed by atoms with E-state index >= 15 is 0 Å². The highest BCUT2D eigenvalue weighted by Gasteiger charge is 2.15. The molecular formula is C16H19N3O2S. The Labute approximate surface area is 134 Å². The van der Waals surface area contributed by atoms with Crippen molar-refractivity contribution in [1.29, 1.82) is 0 Å². The minimum atomic E-state index is -0.378. The van der Waals surface area contributed by atoms with Gasteiger partial charge in [0.2, 0.25) is 5.13 Å². The molecule has 0 atom stereocenters. The molecule has 0 aliphatic carbocycles. The molecule has 0 bridgehead atoms. The Kier molecular flexibility index (Phi) is 5.27. The molecule has 0 aliphatic heterocycles. The van der Waals surface area contributed by atoms with Crippen LogP contribution in [0.1, 0.15) is 46.3 Å². The summed E-state index contributed by atoms with van der Waals surface area (Å²) in [5, 5.41) is 4.71. The number of aromatic nitrogens is 1. The van der Waals surface area contributed by atoms with E-state index in [9.17, 15) is 4.79 Å². The first-order valence-electron chi connectivity index (χ1n) is 6.96. The lowest BCUT2D eigenvalue weighted by atomic mass is 10.0. The van der Waals surface area contributed by atoms with Crippen molar-refractivity contribution in [3.05, 3.63) is 46.0 Å². The van der Waals surface area contributed by atoms with Crippen molar-refractivity contribution in [2.75, 3.05) is 12.5 Å². The number of hydrogen-bond acceptors (Lipinski definition) is 6. The molecule has 0 radical (unpaired) electrons. The van der Waals surface area contributed by atoms with Crippen LogP contribution in [0.5, 0.6) is 0 Å². The molecule has 6 heteroatoms. The Morgan fingerprint density at radius 3 is 2.64 bits per heavy atom. The van der Waals surface area contributed by atoms with Crippen molar-refractivity contribution in [2.45, 2.75) is 26.7 Å². The van der Waals surface area contributed by atoms with Gasteiger partial charge in [0.05, 0.1) is 19.0 Å². The van der Waals surface area contributed by atoms with Crippen LogP contribution in [0.2, 0.25) is 0 Å². The van der Waals surface area contributed by atoms with E-state index in [1.54, 1.807) is 13.1 Å². The van der Waals surface area contributed by atoms with Crippen LogP contribution in [-0.4, -0.2) is 24.3 Å². The first-order valence-corrected chi connectivity index (χ1v) is 7.77. The number of hydrazone groups is 1. The molecule has 0 amide bonds. The lowest BCUT2D eigenvalue weighted by Gasteiger charge is -2.04. The number of esters is 1. The molecule has 0 saturated carbocycles. The number of hydrogen-bond donors (Lipinski definition) is 1. The summed E-state index contributed by atoms with van der Waals surface area (Å²) in [5.41, 5.74) is 5.77. The maximum atomic E-state index is 11.5. The fraction of sp³-hybridized carbons (Fsp3) is 0.312. The Morgan fingerprint density at radius 1 is 1.36 bits per heavy atom. The minimum Gasteiger partial charge on any atom is -0.465 e. The van der Waals surface area contributed by atoms with Crippen LogP contribution < -0.4 is 5.43 Å². The van der Waals surface area contributed by atoms with Crippen molar-refractivity contribution in [3.8, 4) is 0 Å². The first-order chi connectivity index (χ1) is 10.5. The number of thiazole rings is 1. The number of nitrogens with one attached hydrogen (secondary N) is 1. The lowest BCUT2D eigenvalue weighted by molar-refractivity contribution is 0.0605. The fourth-order valence-electron chi connectivity index (χ4n) is 1.86. The van der Waals surface area contributed by atoms with Crippen LogP contribution in [0.3, 0.4) is 0 Å². The number of benzene rings is 1. The molecule has 1 N–H and O–H groups in total. The summed E-state index contributed by atoms with van der Waals surface area (Å²) in [5.74, 6) is 0.135. The molecule has 22 heavy (non-hydrogen) atoms. The predicted molar refractivity (Wildman–Crippen MR) is 89.9 cm³/mol. The number of aryl methyl sites for hydroxylation is 1. The molecule has 0 fully saturated rings. The Hall–Kier alpha value is -2.21. The first kappa shape index (κ1) is 16.2. The number of rotatable bonds is 5. The Balaban J connectivity index is 2.02. The van der Waals surface area contributed by atoms with Crippen LogP contribution >= 0.6 is 11.3 Å². The van der Waals surface area contributed by atoms with Gasteiger partial charge in [-0.15, -0.1) is 0 Å². The van der Waals surface area contributed by atoms with Gasteiger partial charge in [-0.2, -0.15) is 5.10 Å². The Bertz CT molecular complexity index is 675. The highest BCUT2D eigenvalue weighted by molar-refractivity contribution is 7.17. The van der Waals surface area contributed by atoms with Gasteiger partial charge < -0.3 is 4.74 Å². The van der Waals surface area contributed by atoms with E-state index in [1.165, 1.54) is 24.0 Å². The van der Waals surface area contributed by atoms with Gasteiger partial charge >= 0.3 is 5.97 Å². The van der Waals surface area contributed by atoms with E-state index in [4.69, 9.17) is 4.74 Å². The van der Waals surface area contributed by atoms with Gasteiger partial charge in [-0.1, -0.05) is 49.4 Å². The second-order valence-corrected chi connectivity index (χ2v) is 6.12. The Morgan fingerprint density at radius 2 is 2.05 bits per heavy atom. The van der Waals surface area contributed by atoms with E-state index in [-0.39, 0.29) is 5.97 Å². The zero-order valence-corrected chi connectivity index (χ0v) is 13.9. The summed E-state index contributed by atoms with van der Waals surface area (Å²) in [6.07, 6.45) is 1.72. The van der Waals surface area contributed by atoms with Crippen molar-refractivity contribution in [1.82, 2.24) is 4.98 Å². The van der Waals surface area contributed by atoms with Crippen molar-refractivity contribution in [2.24, 2.45) is 5.10 Å². The van der Waals surface area contributed by atoms with Crippen molar-refractivity contribution < 1.29 is 9.53 Å². The minimum absolute atomic E-state index is 0.378. The third kappa shape index (κ3) is 3.92. The molecule has 116 valence electrons. The molecule has 5 nitrogen and oxygen atoms in total. The highest BCUT2D eigenvalue weighted by Crippen LogP contribution is 2.23. The maximum Gasteiger partial charge on any atom is 0.350 e. The molecule has 0 unspecified atom stereocenters. The number of anilines is 1. The summed E-state index contributed by atoms with van der Waals surface area (Å²) in [7, 11) is 1.35. The molecule has 2 aromatic rings. The standard InChI is InChI=1S/C16H19N3O2S/c1-10(2)13-7-5-12(6-8-13)9-17-19-16-18-11(3)14(22-16)15(20)21-4/h5-10H,1-4H3,(H,18,19)/b17-9-. The average molecular weight is 317 g/mol. The number of carbonyl (C=O) groups is 1. The zero-order valence-electron chi connectivity index (χ0n) is 13.1. The van der Waals surface area contributed by atoms with E-state index in [2.05, 4.69) is 41.5 Å². The maximum absolute atomic E-state index is 11.5. The van der Waals surface area contributed by atoms with E-state index in [0.717, 1.165) is 5.56 Å². The fourth-order valence-corrected chi connectivity index (χ4v) is 2.69. The zero-order chi connectivity index (χ0) is 16.1. The number of methoxy groups -OCH3 is 1. The lowest BCUT2D eigenvalue weighted by Crippen LogP contribution is -1.99. The summed E-state index contributed by atoms with van der Waals surface area (Å²) >= 11 is 1.22. The normalized spacial score (nSPS) is 11.1. The summed E-state index contributed by atoms with van der Waals surface area (Å²) < 4.78 is 4.70. The van der Waals surface area contributed by atoms with E-state index < -0.39 is 0 Å². The van der Waals surface area contributed by atoms with Crippen molar-refractivity contribution >= 4 is 28.7 Å². The van der Waals surface area contributed by atoms with Crippen molar-refractivity contribution in [3.63, 3.8) is 0 Å². The molecule has 0 aliphatic rings. The summed E-state index contributed by atoms with van der Waals surface area (Å²) in [4.78, 5) is 16.2. The van der Waals surface area contributed by atoms with Gasteiger partial charge in [0.15, 0.2) is 0 Å². The average Bonchev–Trinajstić information content (AvgIpc) is 2.88. The molecule has 1 aromatic carbocycles.